The maximum atomic E-state index is 13.8. The lowest BCUT2D eigenvalue weighted by atomic mass is 9.93. The highest BCUT2D eigenvalue weighted by molar-refractivity contribution is 6.16. The number of aliphatic hydroxyl groups is 1. The van der Waals surface area contributed by atoms with Gasteiger partial charge in [0.25, 0.3) is 11.8 Å². The first-order valence-electron chi connectivity index (χ1n) is 11.1. The van der Waals surface area contributed by atoms with Gasteiger partial charge in [0.1, 0.15) is 0 Å². The van der Waals surface area contributed by atoms with Gasteiger partial charge < -0.3 is 15.3 Å². The molecule has 32 heavy (non-hydrogen) atoms. The first-order valence-corrected chi connectivity index (χ1v) is 11.1. The predicted molar refractivity (Wildman–Crippen MR) is 121 cm³/mol. The molecule has 1 saturated heterocycles. The molecule has 1 unspecified atom stereocenters. The van der Waals surface area contributed by atoms with E-state index in [1.807, 2.05) is 44.2 Å². The summed E-state index contributed by atoms with van der Waals surface area (Å²) in [5.41, 5.74) is -0.784. The smallest absolute Gasteiger partial charge is 0.267 e. The molecule has 168 valence electrons. The Morgan fingerprint density at radius 1 is 1.06 bits per heavy atom. The highest BCUT2D eigenvalue weighted by atomic mass is 16.3. The Bertz CT molecular complexity index is 1030. The summed E-state index contributed by atoms with van der Waals surface area (Å²) >= 11 is 0. The number of benzene rings is 2. The van der Waals surface area contributed by atoms with Crippen LogP contribution in [0.4, 0.5) is 5.69 Å². The molecule has 0 aromatic heterocycles. The van der Waals surface area contributed by atoms with Crippen molar-refractivity contribution in [3.05, 3.63) is 65.7 Å². The number of amides is 3. The molecule has 1 fully saturated rings. The molecule has 3 amide bonds. The summed E-state index contributed by atoms with van der Waals surface area (Å²) in [5, 5.41) is 13.6. The van der Waals surface area contributed by atoms with Crippen molar-refractivity contribution < 1.29 is 19.5 Å². The van der Waals surface area contributed by atoms with E-state index in [2.05, 4.69) is 5.32 Å². The third-order valence-electron chi connectivity index (χ3n) is 6.82. The minimum Gasteiger partial charge on any atom is -0.388 e. The van der Waals surface area contributed by atoms with E-state index in [0.717, 1.165) is 5.56 Å². The molecule has 2 heterocycles. The Morgan fingerprint density at radius 2 is 1.72 bits per heavy atom. The summed E-state index contributed by atoms with van der Waals surface area (Å²) < 4.78 is 0. The van der Waals surface area contributed by atoms with Crippen molar-refractivity contribution >= 4 is 23.4 Å². The standard InChI is InChI=1S/C25H29N3O4/c1-3-24(32,4-2)17-26-23(31)25-15-14-21(29)28(25)20-13-9-8-12-19(20)22(30)27(25)16-18-10-6-5-7-11-18/h5-13,32H,3-4,14-17H2,1-2H3,(H,26,31). The quantitative estimate of drug-likeness (QED) is 0.700. The van der Waals surface area contributed by atoms with Crippen LogP contribution in [0, 0.1) is 0 Å². The molecule has 2 aromatic carbocycles. The van der Waals surface area contributed by atoms with Gasteiger partial charge in [-0.25, -0.2) is 0 Å². The van der Waals surface area contributed by atoms with Crippen LogP contribution < -0.4 is 10.2 Å². The Balaban J connectivity index is 1.80. The third-order valence-corrected chi connectivity index (χ3v) is 6.82. The van der Waals surface area contributed by atoms with Gasteiger partial charge in [-0.15, -0.1) is 0 Å². The minimum atomic E-state index is -1.47. The van der Waals surface area contributed by atoms with E-state index in [1.165, 1.54) is 9.80 Å². The zero-order chi connectivity index (χ0) is 22.9. The van der Waals surface area contributed by atoms with E-state index in [-0.39, 0.29) is 37.7 Å². The lowest BCUT2D eigenvalue weighted by molar-refractivity contribution is -0.135. The average molecular weight is 436 g/mol. The predicted octanol–water partition coefficient (Wildman–Crippen LogP) is 2.83. The van der Waals surface area contributed by atoms with Crippen molar-refractivity contribution in [2.45, 2.75) is 57.3 Å². The van der Waals surface area contributed by atoms with Crippen LogP contribution in [0.3, 0.4) is 0 Å². The summed E-state index contributed by atoms with van der Waals surface area (Å²) in [7, 11) is 0. The van der Waals surface area contributed by atoms with Crippen molar-refractivity contribution in [1.82, 2.24) is 10.2 Å². The number of carbonyl (C=O) groups excluding carboxylic acids is 3. The Kier molecular flexibility index (Phi) is 5.77. The second-order valence-electron chi connectivity index (χ2n) is 8.55. The first kappa shape index (κ1) is 22.0. The van der Waals surface area contributed by atoms with Gasteiger partial charge in [0.05, 0.1) is 16.9 Å². The second kappa shape index (κ2) is 8.39. The van der Waals surface area contributed by atoms with Crippen LogP contribution >= 0.6 is 0 Å². The van der Waals surface area contributed by atoms with Gasteiger partial charge >= 0.3 is 0 Å². The van der Waals surface area contributed by atoms with Crippen LogP contribution in [0.25, 0.3) is 0 Å². The lowest BCUT2D eigenvalue weighted by Crippen LogP contribution is -2.70. The van der Waals surface area contributed by atoms with Gasteiger partial charge in [-0.2, -0.15) is 0 Å². The van der Waals surface area contributed by atoms with Crippen LogP contribution in [0.2, 0.25) is 0 Å². The maximum absolute atomic E-state index is 13.8. The van der Waals surface area contributed by atoms with Crippen LogP contribution in [0.15, 0.2) is 54.6 Å². The number of carbonyl (C=O) groups is 3. The Hall–Kier alpha value is -3.19. The maximum Gasteiger partial charge on any atom is 0.267 e. The van der Waals surface area contributed by atoms with Crippen molar-refractivity contribution in [3.8, 4) is 0 Å². The topological polar surface area (TPSA) is 90.0 Å². The summed E-state index contributed by atoms with van der Waals surface area (Å²) in [6.07, 6.45) is 1.32. The van der Waals surface area contributed by atoms with E-state index >= 15 is 0 Å². The van der Waals surface area contributed by atoms with Gasteiger partial charge in [-0.05, 0) is 30.5 Å². The normalized spacial score (nSPS) is 20.2. The SMILES string of the molecule is CCC(O)(CC)CNC(=O)C12CCC(=O)N1c1ccccc1C(=O)N2Cc1ccccc1. The van der Waals surface area contributed by atoms with Crippen molar-refractivity contribution in [2.24, 2.45) is 0 Å². The highest BCUT2D eigenvalue weighted by Crippen LogP contribution is 2.45. The summed E-state index contributed by atoms with van der Waals surface area (Å²) in [4.78, 5) is 43.5. The second-order valence-corrected chi connectivity index (χ2v) is 8.55. The fourth-order valence-corrected chi connectivity index (χ4v) is 4.66. The molecule has 2 aromatic rings. The van der Waals surface area contributed by atoms with Gasteiger partial charge in [0.2, 0.25) is 11.6 Å². The molecule has 0 saturated carbocycles. The molecule has 1 atom stereocenters. The molecule has 0 spiro atoms. The third kappa shape index (κ3) is 3.46. The molecular weight excluding hydrogens is 406 g/mol. The molecule has 0 aliphatic carbocycles. The molecule has 4 rings (SSSR count). The van der Waals surface area contributed by atoms with Crippen LogP contribution in [0.5, 0.6) is 0 Å². The zero-order valence-electron chi connectivity index (χ0n) is 18.5. The van der Waals surface area contributed by atoms with E-state index in [0.29, 0.717) is 24.1 Å². The molecule has 0 bridgehead atoms. The Labute approximate surface area is 188 Å². The van der Waals surface area contributed by atoms with Crippen molar-refractivity contribution in [3.63, 3.8) is 0 Å². The van der Waals surface area contributed by atoms with Crippen LogP contribution in [-0.4, -0.2) is 45.5 Å². The summed E-state index contributed by atoms with van der Waals surface area (Å²) in [5.74, 6) is -0.923. The minimum absolute atomic E-state index is 0.0532. The molecule has 2 N–H and O–H groups in total. The lowest BCUT2D eigenvalue weighted by Gasteiger charge is -2.49. The number of para-hydroxylation sites is 1. The van der Waals surface area contributed by atoms with Crippen molar-refractivity contribution in [1.29, 1.82) is 0 Å². The molecule has 2 aliphatic heterocycles. The van der Waals surface area contributed by atoms with Crippen molar-refractivity contribution in [2.75, 3.05) is 11.4 Å². The molecular formula is C25H29N3O4. The largest absolute Gasteiger partial charge is 0.388 e. The van der Waals surface area contributed by atoms with Gasteiger partial charge in [0.15, 0.2) is 0 Å². The molecule has 2 aliphatic rings. The number of nitrogens with one attached hydrogen (secondary N) is 1. The number of hydrogen-bond acceptors (Lipinski definition) is 4. The van der Waals surface area contributed by atoms with Crippen LogP contribution in [0.1, 0.15) is 55.5 Å². The summed E-state index contributed by atoms with van der Waals surface area (Å²) in [6.45, 7) is 3.97. The highest BCUT2D eigenvalue weighted by Gasteiger charge is 2.60. The zero-order valence-corrected chi connectivity index (χ0v) is 18.5. The fraction of sp³-hybridized carbons (Fsp3) is 0.400. The molecule has 0 radical (unpaired) electrons. The number of fused-ring (bicyclic) bond motifs is 3. The monoisotopic (exact) mass is 435 g/mol. The molecule has 7 nitrogen and oxygen atoms in total. The van der Waals surface area contributed by atoms with Gasteiger partial charge in [-0.3, -0.25) is 19.3 Å². The van der Waals surface area contributed by atoms with E-state index in [9.17, 15) is 19.5 Å². The number of nitrogens with zero attached hydrogens (tertiary/aromatic N) is 2. The van der Waals surface area contributed by atoms with Gasteiger partial charge in [-0.1, -0.05) is 56.3 Å². The average Bonchev–Trinajstić information content (AvgIpc) is 3.19. The fourth-order valence-electron chi connectivity index (χ4n) is 4.66. The number of hydrogen-bond donors (Lipinski definition) is 2. The summed E-state index contributed by atoms with van der Waals surface area (Å²) in [6, 6.07) is 16.4. The van der Waals surface area contributed by atoms with E-state index in [4.69, 9.17) is 0 Å². The molecule has 7 heteroatoms. The number of rotatable bonds is 7. The van der Waals surface area contributed by atoms with E-state index in [1.54, 1.807) is 24.3 Å². The van der Waals surface area contributed by atoms with Crippen LogP contribution in [-0.2, 0) is 16.1 Å². The Morgan fingerprint density at radius 3 is 2.41 bits per heavy atom. The van der Waals surface area contributed by atoms with Gasteiger partial charge in [0, 0.05) is 25.9 Å². The first-order chi connectivity index (χ1) is 15.4. The number of anilines is 1. The van der Waals surface area contributed by atoms with E-state index < -0.39 is 17.2 Å².